The molecule has 1 N–H and O–H groups in total. The summed E-state index contributed by atoms with van der Waals surface area (Å²) >= 11 is 7.80. The molecule has 3 rings (SSSR count). The largest absolute Gasteiger partial charge is 0.338 e. The van der Waals surface area contributed by atoms with Crippen molar-refractivity contribution in [3.8, 4) is 0 Å². The van der Waals surface area contributed by atoms with E-state index in [-0.39, 0.29) is 11.9 Å². The van der Waals surface area contributed by atoms with E-state index >= 15 is 0 Å². The zero-order valence-corrected chi connectivity index (χ0v) is 14.4. The summed E-state index contributed by atoms with van der Waals surface area (Å²) in [5.74, 6) is -0.0493. The maximum absolute atomic E-state index is 12.7. The van der Waals surface area contributed by atoms with Gasteiger partial charge in [0.25, 0.3) is 5.91 Å². The Hall–Kier alpha value is -1.79. The molecule has 122 valence electrons. The van der Waals surface area contributed by atoms with Gasteiger partial charge in [-0.1, -0.05) is 29.8 Å². The molecule has 0 aliphatic carbocycles. The molecule has 0 unspecified atom stereocenters. The average molecular weight is 352 g/mol. The molecule has 0 atom stereocenters. The Morgan fingerprint density at radius 2 is 1.83 bits per heavy atom. The fraction of sp³-hybridized carbons (Fsp3) is 0.375. The number of carbonyl (C=O) groups is 2. The minimum atomic E-state index is -0.0699. The Morgan fingerprint density at radius 3 is 2.48 bits per heavy atom. The zero-order chi connectivity index (χ0) is 16.4. The van der Waals surface area contributed by atoms with E-state index in [1.807, 2.05) is 31.2 Å². The Bertz CT molecular complexity index is 738. The van der Waals surface area contributed by atoms with Crippen molar-refractivity contribution < 1.29 is 9.59 Å². The van der Waals surface area contributed by atoms with Crippen LogP contribution in [0.4, 0.5) is 4.79 Å². The second-order valence-corrected chi connectivity index (χ2v) is 6.79. The first-order valence-electron chi connectivity index (χ1n) is 7.61. The Kier molecular flexibility index (Phi) is 4.73. The van der Waals surface area contributed by atoms with Crippen LogP contribution in [0.25, 0.3) is 10.1 Å². The summed E-state index contributed by atoms with van der Waals surface area (Å²) in [4.78, 5) is 28.6. The number of hydrogen-bond acceptors (Lipinski definition) is 3. The molecule has 0 saturated carbocycles. The number of nitrogens with one attached hydrogen (secondary N) is 1. The van der Waals surface area contributed by atoms with E-state index in [0.717, 1.165) is 10.1 Å². The van der Waals surface area contributed by atoms with Crippen LogP contribution in [-0.4, -0.2) is 54.5 Å². The summed E-state index contributed by atoms with van der Waals surface area (Å²) in [7, 11) is 0. The second-order valence-electron chi connectivity index (χ2n) is 5.36. The van der Waals surface area contributed by atoms with Crippen molar-refractivity contribution in [2.24, 2.45) is 0 Å². The van der Waals surface area contributed by atoms with Crippen molar-refractivity contribution in [1.29, 1.82) is 0 Å². The lowest BCUT2D eigenvalue weighted by molar-refractivity contribution is 0.0670. The number of nitrogens with zero attached hydrogens (tertiary/aromatic N) is 2. The fourth-order valence-corrected chi connectivity index (χ4v) is 4.15. The first-order chi connectivity index (χ1) is 11.1. The number of fused-ring (bicyclic) bond motifs is 1. The number of thiophene rings is 1. The lowest BCUT2D eigenvalue weighted by Crippen LogP contribution is -2.53. The molecular weight excluding hydrogens is 334 g/mol. The smallest absolute Gasteiger partial charge is 0.317 e. The van der Waals surface area contributed by atoms with E-state index in [1.165, 1.54) is 11.3 Å². The highest BCUT2D eigenvalue weighted by Gasteiger charge is 2.27. The van der Waals surface area contributed by atoms with Crippen molar-refractivity contribution in [3.05, 3.63) is 34.2 Å². The van der Waals surface area contributed by atoms with E-state index in [4.69, 9.17) is 11.6 Å². The van der Waals surface area contributed by atoms with Crippen LogP contribution in [0, 0.1) is 0 Å². The normalized spacial score (nSPS) is 15.0. The van der Waals surface area contributed by atoms with Crippen molar-refractivity contribution >= 4 is 45.0 Å². The van der Waals surface area contributed by atoms with Crippen LogP contribution in [-0.2, 0) is 0 Å². The molecule has 1 aromatic carbocycles. The zero-order valence-electron chi connectivity index (χ0n) is 12.8. The summed E-state index contributed by atoms with van der Waals surface area (Å²) in [6.45, 7) is 4.64. The lowest BCUT2D eigenvalue weighted by Gasteiger charge is -2.34. The van der Waals surface area contributed by atoms with E-state index in [9.17, 15) is 9.59 Å². The second kappa shape index (κ2) is 6.76. The molecule has 23 heavy (non-hydrogen) atoms. The third kappa shape index (κ3) is 3.14. The highest BCUT2D eigenvalue weighted by Crippen LogP contribution is 2.35. The van der Waals surface area contributed by atoms with Crippen LogP contribution in [0.2, 0.25) is 5.02 Å². The first-order valence-corrected chi connectivity index (χ1v) is 8.80. The molecule has 0 spiro atoms. The summed E-state index contributed by atoms with van der Waals surface area (Å²) in [5.41, 5.74) is 0. The van der Waals surface area contributed by atoms with Crippen LogP contribution in [0.5, 0.6) is 0 Å². The van der Waals surface area contributed by atoms with E-state index in [0.29, 0.717) is 42.6 Å². The first kappa shape index (κ1) is 16.1. The predicted molar refractivity (Wildman–Crippen MR) is 93.4 cm³/mol. The van der Waals surface area contributed by atoms with Crippen LogP contribution < -0.4 is 5.32 Å². The average Bonchev–Trinajstić information content (AvgIpc) is 2.92. The Morgan fingerprint density at radius 1 is 1.17 bits per heavy atom. The molecule has 7 heteroatoms. The standard InChI is InChI=1S/C16H18ClN3O2S/c1-2-18-16(22)20-9-7-19(8-10-20)15(21)14-13(17)11-5-3-4-6-12(11)23-14/h3-6H,2,7-10H2,1H3,(H,18,22). The topological polar surface area (TPSA) is 52.7 Å². The SMILES string of the molecule is CCNC(=O)N1CCN(C(=O)c2sc3ccccc3c2Cl)CC1. The van der Waals surface area contributed by atoms with E-state index < -0.39 is 0 Å². The molecule has 1 aliphatic heterocycles. The van der Waals surface area contributed by atoms with Crippen LogP contribution in [0.15, 0.2) is 24.3 Å². The highest BCUT2D eigenvalue weighted by atomic mass is 35.5. The molecule has 1 fully saturated rings. The number of benzene rings is 1. The number of halogens is 1. The van der Waals surface area contributed by atoms with Crippen LogP contribution >= 0.6 is 22.9 Å². The van der Waals surface area contributed by atoms with Gasteiger partial charge in [0.15, 0.2) is 0 Å². The molecule has 1 aromatic heterocycles. The third-order valence-electron chi connectivity index (χ3n) is 3.91. The van der Waals surface area contributed by atoms with Crippen molar-refractivity contribution in [3.63, 3.8) is 0 Å². The van der Waals surface area contributed by atoms with Crippen molar-refractivity contribution in [2.45, 2.75) is 6.92 Å². The van der Waals surface area contributed by atoms with Gasteiger partial charge in [-0.3, -0.25) is 4.79 Å². The van der Waals surface area contributed by atoms with E-state index in [2.05, 4.69) is 5.32 Å². The molecule has 0 radical (unpaired) electrons. The van der Waals surface area contributed by atoms with Gasteiger partial charge < -0.3 is 15.1 Å². The number of amides is 3. The number of urea groups is 1. The molecule has 0 bridgehead atoms. The van der Waals surface area contributed by atoms with Gasteiger partial charge in [0, 0.05) is 42.8 Å². The maximum atomic E-state index is 12.7. The number of carbonyl (C=O) groups excluding carboxylic acids is 2. The van der Waals surface area contributed by atoms with Gasteiger partial charge in [-0.25, -0.2) is 4.79 Å². The molecule has 5 nitrogen and oxygen atoms in total. The molecule has 1 aliphatic rings. The maximum Gasteiger partial charge on any atom is 0.317 e. The summed E-state index contributed by atoms with van der Waals surface area (Å²) in [6.07, 6.45) is 0. The number of rotatable bonds is 2. The van der Waals surface area contributed by atoms with Gasteiger partial charge in [-0.2, -0.15) is 0 Å². The predicted octanol–water partition coefficient (Wildman–Crippen LogP) is 3.04. The van der Waals surface area contributed by atoms with Gasteiger partial charge >= 0.3 is 6.03 Å². The number of hydrogen-bond donors (Lipinski definition) is 1. The minimum Gasteiger partial charge on any atom is -0.338 e. The molecule has 2 aromatic rings. The quantitative estimate of drug-likeness (QED) is 0.904. The van der Waals surface area contributed by atoms with Crippen molar-refractivity contribution in [1.82, 2.24) is 15.1 Å². The van der Waals surface area contributed by atoms with Gasteiger partial charge in [-0.05, 0) is 13.0 Å². The minimum absolute atomic E-state index is 0.0493. The molecule has 3 amide bonds. The summed E-state index contributed by atoms with van der Waals surface area (Å²) in [5, 5.41) is 4.23. The Labute approximate surface area is 143 Å². The summed E-state index contributed by atoms with van der Waals surface area (Å²) in [6, 6.07) is 7.68. The van der Waals surface area contributed by atoms with Crippen molar-refractivity contribution in [2.75, 3.05) is 32.7 Å². The monoisotopic (exact) mass is 351 g/mol. The Balaban J connectivity index is 1.72. The number of piperazine rings is 1. The van der Waals surface area contributed by atoms with Crippen LogP contribution in [0.3, 0.4) is 0 Å². The molecule has 1 saturated heterocycles. The molecular formula is C16H18ClN3O2S. The lowest BCUT2D eigenvalue weighted by atomic mass is 10.2. The summed E-state index contributed by atoms with van der Waals surface area (Å²) < 4.78 is 1.02. The van der Waals surface area contributed by atoms with Gasteiger partial charge in [-0.15, -0.1) is 11.3 Å². The van der Waals surface area contributed by atoms with E-state index in [1.54, 1.807) is 9.80 Å². The molecule has 2 heterocycles. The van der Waals surface area contributed by atoms with Crippen LogP contribution in [0.1, 0.15) is 16.6 Å². The van der Waals surface area contributed by atoms with Gasteiger partial charge in [0.05, 0.1) is 5.02 Å². The third-order valence-corrected chi connectivity index (χ3v) is 5.57. The van der Waals surface area contributed by atoms with Gasteiger partial charge in [0.1, 0.15) is 4.88 Å². The highest BCUT2D eigenvalue weighted by molar-refractivity contribution is 7.21. The fourth-order valence-electron chi connectivity index (χ4n) is 2.67. The van der Waals surface area contributed by atoms with Gasteiger partial charge in [0.2, 0.25) is 0 Å².